The zero-order valence-electron chi connectivity index (χ0n) is 21.2. The van der Waals surface area contributed by atoms with Gasteiger partial charge < -0.3 is 29.0 Å². The molecule has 1 N–H and O–H groups in total. The van der Waals surface area contributed by atoms with Gasteiger partial charge in [-0.1, -0.05) is 0 Å². The second kappa shape index (κ2) is 10.2. The van der Waals surface area contributed by atoms with E-state index in [-0.39, 0.29) is 12.4 Å². The molecule has 0 amide bonds. The maximum Gasteiger partial charge on any atom is 0.191 e. The number of nitrogens with one attached hydrogen (secondary N) is 1. The van der Waals surface area contributed by atoms with Crippen LogP contribution in [-0.4, -0.2) is 52.4 Å². The molecule has 0 bridgehead atoms. The number of fused-ring (bicyclic) bond motifs is 3. The number of aromatic nitrogens is 1. The van der Waals surface area contributed by atoms with E-state index in [0.717, 1.165) is 65.4 Å². The number of Topliss-reactive ketones (excluding diaryl/α,β-unsaturated/α-hetero) is 1. The van der Waals surface area contributed by atoms with Gasteiger partial charge in [0.15, 0.2) is 28.8 Å². The summed E-state index contributed by atoms with van der Waals surface area (Å²) in [6, 6.07) is 7.14. The van der Waals surface area contributed by atoms with Crippen molar-refractivity contribution in [3.05, 3.63) is 46.6 Å². The van der Waals surface area contributed by atoms with Crippen molar-refractivity contribution in [2.45, 2.75) is 38.1 Å². The van der Waals surface area contributed by atoms with E-state index < -0.39 is 6.04 Å². The zero-order valence-corrected chi connectivity index (χ0v) is 21.2. The van der Waals surface area contributed by atoms with E-state index in [4.69, 9.17) is 28.7 Å². The highest BCUT2D eigenvalue weighted by molar-refractivity contribution is 5.91. The molecule has 1 aromatic heterocycles. The Balaban J connectivity index is 1.49. The first-order valence-electron chi connectivity index (χ1n) is 12.3. The number of hydrogen-bond acceptors (Lipinski definition) is 8. The highest BCUT2D eigenvalue weighted by Gasteiger charge is 2.29. The summed E-state index contributed by atoms with van der Waals surface area (Å²) in [6.45, 7) is 0.634. The lowest BCUT2D eigenvalue weighted by molar-refractivity contribution is -0.123. The molecule has 1 unspecified atom stereocenters. The summed E-state index contributed by atoms with van der Waals surface area (Å²) < 4.78 is 28.3. The van der Waals surface area contributed by atoms with Gasteiger partial charge in [-0.3, -0.25) is 9.78 Å². The van der Waals surface area contributed by atoms with Crippen LogP contribution in [0.1, 0.15) is 41.3 Å². The second-order valence-corrected chi connectivity index (χ2v) is 9.10. The van der Waals surface area contributed by atoms with Crippen LogP contribution in [-0.2, 0) is 24.1 Å². The smallest absolute Gasteiger partial charge is 0.191 e. The number of aryl methyl sites for hydroxylation is 1. The minimum absolute atomic E-state index is 0.0434. The number of carbonyl (C=O) groups is 1. The lowest BCUT2D eigenvalue weighted by atomic mass is 9.91. The average Bonchev–Trinajstić information content (AvgIpc) is 2.93. The molecule has 1 aliphatic carbocycles. The lowest BCUT2D eigenvalue weighted by Gasteiger charge is -2.27. The largest absolute Gasteiger partial charge is 0.493 e. The van der Waals surface area contributed by atoms with Crippen LogP contribution in [0, 0.1) is 0 Å². The third-order valence-electron chi connectivity index (χ3n) is 7.09. The molecule has 2 heterocycles. The molecule has 2 aromatic carbocycles. The van der Waals surface area contributed by atoms with Crippen molar-refractivity contribution in [3.63, 3.8) is 0 Å². The molecule has 0 radical (unpaired) electrons. The number of carbonyl (C=O) groups excluding carboxylic acids is 1. The van der Waals surface area contributed by atoms with Crippen LogP contribution < -0.4 is 29.0 Å². The van der Waals surface area contributed by atoms with Crippen molar-refractivity contribution < 1.29 is 28.5 Å². The van der Waals surface area contributed by atoms with Crippen LogP contribution in [0.4, 0.5) is 0 Å². The van der Waals surface area contributed by atoms with Gasteiger partial charge in [-0.2, -0.15) is 0 Å². The molecule has 1 aliphatic heterocycles. The molecule has 0 saturated carbocycles. The van der Waals surface area contributed by atoms with E-state index in [2.05, 4.69) is 5.32 Å². The molecule has 1 atom stereocenters. The number of benzene rings is 2. The molecule has 0 spiro atoms. The predicted octanol–water partition coefficient (Wildman–Crippen LogP) is 3.98. The second-order valence-electron chi connectivity index (χ2n) is 9.10. The number of rotatable bonds is 8. The number of pyridine rings is 1. The van der Waals surface area contributed by atoms with Gasteiger partial charge in [0.1, 0.15) is 12.4 Å². The van der Waals surface area contributed by atoms with Gasteiger partial charge in [0, 0.05) is 29.3 Å². The predicted molar refractivity (Wildman–Crippen MR) is 136 cm³/mol. The van der Waals surface area contributed by atoms with Crippen molar-refractivity contribution in [1.82, 2.24) is 10.3 Å². The molecule has 3 aromatic rings. The SMILES string of the molecule is COc1cc2c(cc1OC)C(C(=O)COc1c3c(nc4cc(OC)c(OC)cc14)CCCC3)NCC2. The average molecular weight is 493 g/mol. The van der Waals surface area contributed by atoms with Crippen molar-refractivity contribution in [2.24, 2.45) is 0 Å². The minimum Gasteiger partial charge on any atom is -0.493 e. The molecular weight excluding hydrogens is 460 g/mol. The Kier molecular flexibility index (Phi) is 6.87. The monoisotopic (exact) mass is 492 g/mol. The van der Waals surface area contributed by atoms with Crippen molar-refractivity contribution in [2.75, 3.05) is 41.6 Å². The number of hydrogen-bond donors (Lipinski definition) is 1. The summed E-state index contributed by atoms with van der Waals surface area (Å²) in [6.07, 6.45) is 4.73. The van der Waals surface area contributed by atoms with E-state index in [1.165, 1.54) is 0 Å². The van der Waals surface area contributed by atoms with Gasteiger partial charge in [0.2, 0.25) is 0 Å². The molecule has 5 rings (SSSR count). The molecule has 36 heavy (non-hydrogen) atoms. The first-order chi connectivity index (χ1) is 17.6. The molecule has 2 aliphatic rings. The van der Waals surface area contributed by atoms with Gasteiger partial charge in [-0.25, -0.2) is 0 Å². The van der Waals surface area contributed by atoms with Crippen molar-refractivity contribution >= 4 is 16.7 Å². The molecule has 190 valence electrons. The Bertz CT molecular complexity index is 1300. The topological polar surface area (TPSA) is 88.1 Å². The van der Waals surface area contributed by atoms with Gasteiger partial charge >= 0.3 is 0 Å². The first kappa shape index (κ1) is 24.2. The Morgan fingerprint density at radius 2 is 1.56 bits per heavy atom. The fourth-order valence-electron chi connectivity index (χ4n) is 5.27. The number of ether oxygens (including phenoxy) is 5. The van der Waals surface area contributed by atoms with Gasteiger partial charge in [0.25, 0.3) is 0 Å². The van der Waals surface area contributed by atoms with E-state index in [0.29, 0.717) is 35.3 Å². The quantitative estimate of drug-likeness (QED) is 0.505. The van der Waals surface area contributed by atoms with E-state index in [1.807, 2.05) is 24.3 Å². The molecule has 8 nitrogen and oxygen atoms in total. The van der Waals surface area contributed by atoms with Crippen LogP contribution in [0.25, 0.3) is 10.9 Å². The van der Waals surface area contributed by atoms with Gasteiger partial charge in [-0.05, 0) is 61.4 Å². The third-order valence-corrected chi connectivity index (χ3v) is 7.09. The first-order valence-corrected chi connectivity index (χ1v) is 12.3. The van der Waals surface area contributed by atoms with E-state index >= 15 is 0 Å². The summed E-state index contributed by atoms with van der Waals surface area (Å²) in [4.78, 5) is 18.4. The number of nitrogens with zero attached hydrogens (tertiary/aromatic N) is 1. The van der Waals surface area contributed by atoms with E-state index in [9.17, 15) is 4.79 Å². The van der Waals surface area contributed by atoms with Crippen LogP contribution in [0.3, 0.4) is 0 Å². The summed E-state index contributed by atoms with van der Waals surface area (Å²) in [5.41, 5.74) is 4.86. The van der Waals surface area contributed by atoms with Gasteiger partial charge in [0.05, 0.1) is 40.0 Å². The molecule has 8 heteroatoms. The molecular formula is C28H32N2O6. The summed E-state index contributed by atoms with van der Waals surface area (Å²) in [5.74, 6) is 3.16. The van der Waals surface area contributed by atoms with E-state index in [1.54, 1.807) is 28.4 Å². The fourth-order valence-corrected chi connectivity index (χ4v) is 5.27. The van der Waals surface area contributed by atoms with Crippen LogP contribution in [0.15, 0.2) is 24.3 Å². The standard InChI is InChI=1S/C28H32N2O6/c1-32-23-11-16-9-10-29-27(18(16)12-24(23)33-2)22(31)15-36-28-17-7-5-6-8-20(17)30-21-14-26(35-4)25(34-3)13-19(21)28/h11-14,27,29H,5-10,15H2,1-4H3. The summed E-state index contributed by atoms with van der Waals surface area (Å²) in [5, 5.41) is 4.18. The number of methoxy groups -OCH3 is 4. The Morgan fingerprint density at radius 1 is 0.889 bits per heavy atom. The van der Waals surface area contributed by atoms with Gasteiger partial charge in [-0.15, -0.1) is 0 Å². The Hall–Kier alpha value is -3.52. The highest BCUT2D eigenvalue weighted by atomic mass is 16.5. The number of ketones is 1. The van der Waals surface area contributed by atoms with Crippen LogP contribution in [0.2, 0.25) is 0 Å². The maximum atomic E-state index is 13.5. The Morgan fingerprint density at radius 3 is 2.31 bits per heavy atom. The fraction of sp³-hybridized carbons (Fsp3) is 0.429. The molecule has 0 fully saturated rings. The zero-order chi connectivity index (χ0) is 25.2. The van der Waals surface area contributed by atoms with Crippen LogP contribution in [0.5, 0.6) is 28.7 Å². The maximum absolute atomic E-state index is 13.5. The third kappa shape index (κ3) is 4.30. The highest BCUT2D eigenvalue weighted by Crippen LogP contribution is 2.41. The van der Waals surface area contributed by atoms with Crippen molar-refractivity contribution in [1.29, 1.82) is 0 Å². The summed E-state index contributed by atoms with van der Waals surface area (Å²) in [7, 11) is 6.43. The molecule has 0 saturated heterocycles. The van der Waals surface area contributed by atoms with Crippen molar-refractivity contribution in [3.8, 4) is 28.7 Å². The minimum atomic E-state index is -0.480. The Labute approximate surface area is 210 Å². The summed E-state index contributed by atoms with van der Waals surface area (Å²) >= 11 is 0. The normalized spacial score (nSPS) is 16.6. The lowest BCUT2D eigenvalue weighted by Crippen LogP contribution is -2.37. The van der Waals surface area contributed by atoms with Crippen LogP contribution >= 0.6 is 0 Å².